The van der Waals surface area contributed by atoms with Crippen LogP contribution in [0.25, 0.3) is 0 Å². The number of aromatic nitrogens is 1. The molecule has 13 heavy (non-hydrogen) atoms. The zero-order valence-corrected chi connectivity index (χ0v) is 7.28. The quantitative estimate of drug-likeness (QED) is 0.684. The van der Waals surface area contributed by atoms with Crippen molar-refractivity contribution < 1.29 is 0 Å². The first-order valence-corrected chi connectivity index (χ1v) is 3.84. The summed E-state index contributed by atoms with van der Waals surface area (Å²) in [6, 6.07) is 3.60. The van der Waals surface area contributed by atoms with E-state index in [4.69, 9.17) is 11.7 Å². The summed E-state index contributed by atoms with van der Waals surface area (Å²) in [4.78, 5) is 3.90. The Morgan fingerprint density at radius 2 is 2.46 bits per heavy atom. The second-order valence-corrected chi connectivity index (χ2v) is 2.57. The van der Waals surface area contributed by atoms with Gasteiger partial charge in [0, 0.05) is 6.20 Å². The molecule has 1 atom stereocenters. The van der Waals surface area contributed by atoms with Gasteiger partial charge in [-0.1, -0.05) is 5.92 Å². The molecule has 1 aromatic heterocycles. The van der Waals surface area contributed by atoms with Crippen molar-refractivity contribution in [2.45, 2.75) is 13.0 Å². The number of nitrogens with zero attached hydrogens (tertiary/aromatic N) is 2. The van der Waals surface area contributed by atoms with Gasteiger partial charge in [0.05, 0.1) is 23.5 Å². The van der Waals surface area contributed by atoms with Crippen molar-refractivity contribution >= 4 is 5.69 Å². The number of nitriles is 1. The Balaban J connectivity index is 2.90. The third kappa shape index (κ3) is 2.21. The molecule has 0 fully saturated rings. The second-order valence-electron chi connectivity index (χ2n) is 2.57. The van der Waals surface area contributed by atoms with Crippen molar-refractivity contribution in [3.8, 4) is 18.4 Å². The maximum atomic E-state index is 8.73. The molecule has 0 radical (unpaired) electrons. The molecular formula is C10H9N3. The Morgan fingerprint density at radius 3 is 3.08 bits per heavy atom. The second kappa shape index (κ2) is 4.13. The summed E-state index contributed by atoms with van der Waals surface area (Å²) in [5, 5.41) is 11.7. The number of terminal acetylenes is 1. The normalized spacial score (nSPS) is 11.0. The number of pyridine rings is 1. The highest BCUT2D eigenvalue weighted by molar-refractivity contribution is 5.56. The van der Waals surface area contributed by atoms with Gasteiger partial charge in [0.15, 0.2) is 0 Å². The molecule has 64 valence electrons. The Labute approximate surface area is 77.4 Å². The molecule has 1 aromatic rings. The van der Waals surface area contributed by atoms with Crippen molar-refractivity contribution in [2.75, 3.05) is 5.32 Å². The van der Waals surface area contributed by atoms with Crippen LogP contribution in [0.4, 0.5) is 5.69 Å². The molecule has 1 heterocycles. The monoisotopic (exact) mass is 171 g/mol. The first-order valence-electron chi connectivity index (χ1n) is 3.84. The zero-order valence-electron chi connectivity index (χ0n) is 7.28. The summed E-state index contributed by atoms with van der Waals surface area (Å²) in [6.45, 7) is 1.84. The van der Waals surface area contributed by atoms with E-state index in [-0.39, 0.29) is 6.04 Å². The molecule has 3 heteroatoms. The Morgan fingerprint density at radius 1 is 1.69 bits per heavy atom. The smallest absolute Gasteiger partial charge is 0.101 e. The first kappa shape index (κ1) is 9.09. The topological polar surface area (TPSA) is 48.7 Å². The first-order chi connectivity index (χ1) is 6.27. The third-order valence-corrected chi connectivity index (χ3v) is 1.56. The molecule has 1 N–H and O–H groups in total. The standard InChI is InChI=1S/C10H9N3/c1-3-8(2)13-10-7-12-5-4-9(10)6-11/h1,4-5,7-8,13H,2H3. The molecule has 0 aromatic carbocycles. The fourth-order valence-electron chi connectivity index (χ4n) is 0.882. The summed E-state index contributed by atoms with van der Waals surface area (Å²) in [5.74, 6) is 2.52. The van der Waals surface area contributed by atoms with E-state index in [9.17, 15) is 0 Å². The van der Waals surface area contributed by atoms with Crippen LogP contribution in [0.15, 0.2) is 18.5 Å². The van der Waals surface area contributed by atoms with Crippen molar-refractivity contribution in [1.82, 2.24) is 4.98 Å². The van der Waals surface area contributed by atoms with Crippen LogP contribution >= 0.6 is 0 Å². The third-order valence-electron chi connectivity index (χ3n) is 1.56. The maximum Gasteiger partial charge on any atom is 0.101 e. The van der Waals surface area contributed by atoms with E-state index in [0.29, 0.717) is 11.3 Å². The SMILES string of the molecule is C#CC(C)Nc1cnccc1C#N. The summed E-state index contributed by atoms with van der Waals surface area (Å²) in [6.07, 6.45) is 8.36. The number of anilines is 1. The van der Waals surface area contributed by atoms with Gasteiger partial charge in [-0.3, -0.25) is 4.98 Å². The van der Waals surface area contributed by atoms with Gasteiger partial charge < -0.3 is 5.32 Å². The molecule has 1 rings (SSSR count). The van der Waals surface area contributed by atoms with Crippen LogP contribution in [0.1, 0.15) is 12.5 Å². The molecule has 0 bridgehead atoms. The lowest BCUT2D eigenvalue weighted by atomic mass is 10.2. The van der Waals surface area contributed by atoms with E-state index in [2.05, 4.69) is 22.3 Å². The van der Waals surface area contributed by atoms with Gasteiger partial charge in [-0.15, -0.1) is 6.42 Å². The Hall–Kier alpha value is -2.00. The van der Waals surface area contributed by atoms with Crippen LogP contribution in [0.3, 0.4) is 0 Å². The van der Waals surface area contributed by atoms with Gasteiger partial charge in [-0.05, 0) is 13.0 Å². The van der Waals surface area contributed by atoms with Crippen molar-refractivity contribution in [1.29, 1.82) is 5.26 Å². The molecule has 0 amide bonds. The van der Waals surface area contributed by atoms with Crippen molar-refractivity contribution in [2.24, 2.45) is 0 Å². The highest BCUT2D eigenvalue weighted by Crippen LogP contribution is 2.12. The minimum Gasteiger partial charge on any atom is -0.369 e. The Bertz CT molecular complexity index is 370. The van der Waals surface area contributed by atoms with E-state index in [1.807, 2.05) is 6.92 Å². The predicted molar refractivity (Wildman–Crippen MR) is 50.9 cm³/mol. The van der Waals surface area contributed by atoms with Crippen LogP contribution in [-0.4, -0.2) is 11.0 Å². The van der Waals surface area contributed by atoms with Crippen LogP contribution in [-0.2, 0) is 0 Å². The minimum absolute atomic E-state index is 0.101. The van der Waals surface area contributed by atoms with Gasteiger partial charge in [0.1, 0.15) is 6.07 Å². The van der Waals surface area contributed by atoms with Crippen LogP contribution in [0, 0.1) is 23.7 Å². The Kier molecular flexibility index (Phi) is 2.89. The van der Waals surface area contributed by atoms with Crippen LogP contribution in [0.5, 0.6) is 0 Å². The average molecular weight is 171 g/mol. The number of nitrogens with one attached hydrogen (secondary N) is 1. The highest BCUT2D eigenvalue weighted by atomic mass is 14.9. The lowest BCUT2D eigenvalue weighted by Crippen LogP contribution is -2.13. The number of hydrogen-bond donors (Lipinski definition) is 1. The number of hydrogen-bond acceptors (Lipinski definition) is 3. The predicted octanol–water partition coefficient (Wildman–Crippen LogP) is 1.39. The van der Waals surface area contributed by atoms with Gasteiger partial charge in [-0.2, -0.15) is 5.26 Å². The zero-order chi connectivity index (χ0) is 9.68. The van der Waals surface area contributed by atoms with E-state index in [0.717, 1.165) is 0 Å². The number of rotatable bonds is 2. The lowest BCUT2D eigenvalue weighted by Gasteiger charge is -2.09. The van der Waals surface area contributed by atoms with Crippen LogP contribution in [0.2, 0.25) is 0 Å². The molecule has 0 saturated carbocycles. The molecule has 3 nitrogen and oxygen atoms in total. The van der Waals surface area contributed by atoms with E-state index < -0.39 is 0 Å². The molecule has 1 unspecified atom stereocenters. The highest BCUT2D eigenvalue weighted by Gasteiger charge is 2.02. The van der Waals surface area contributed by atoms with E-state index in [1.165, 1.54) is 0 Å². The summed E-state index contributed by atoms with van der Waals surface area (Å²) in [7, 11) is 0. The summed E-state index contributed by atoms with van der Waals surface area (Å²) < 4.78 is 0. The van der Waals surface area contributed by atoms with Gasteiger partial charge in [0.2, 0.25) is 0 Å². The van der Waals surface area contributed by atoms with Gasteiger partial charge >= 0.3 is 0 Å². The lowest BCUT2D eigenvalue weighted by molar-refractivity contribution is 1.03. The van der Waals surface area contributed by atoms with Crippen molar-refractivity contribution in [3.05, 3.63) is 24.0 Å². The van der Waals surface area contributed by atoms with E-state index >= 15 is 0 Å². The summed E-state index contributed by atoms with van der Waals surface area (Å²) in [5.41, 5.74) is 1.23. The fraction of sp³-hybridized carbons (Fsp3) is 0.200. The largest absolute Gasteiger partial charge is 0.369 e. The van der Waals surface area contributed by atoms with Crippen molar-refractivity contribution in [3.63, 3.8) is 0 Å². The maximum absolute atomic E-state index is 8.73. The summed E-state index contributed by atoms with van der Waals surface area (Å²) >= 11 is 0. The molecular weight excluding hydrogens is 162 g/mol. The molecule has 0 aliphatic carbocycles. The molecule has 0 spiro atoms. The molecule has 0 aliphatic rings. The van der Waals surface area contributed by atoms with Gasteiger partial charge in [-0.25, -0.2) is 0 Å². The minimum atomic E-state index is -0.101. The van der Waals surface area contributed by atoms with Gasteiger partial charge in [0.25, 0.3) is 0 Å². The fourth-order valence-corrected chi connectivity index (χ4v) is 0.882. The van der Waals surface area contributed by atoms with E-state index in [1.54, 1.807) is 18.5 Å². The molecule has 0 saturated heterocycles. The van der Waals surface area contributed by atoms with Crippen LogP contribution < -0.4 is 5.32 Å². The molecule has 0 aliphatic heterocycles. The average Bonchev–Trinajstić information content (AvgIpc) is 2.18.